The number of Topliss-reactive ketones (excluding diaryl/α,β-unsaturated/α-hetero) is 6. The Morgan fingerprint density at radius 2 is 0.569 bits per heavy atom. The second kappa shape index (κ2) is 19.2. The summed E-state index contributed by atoms with van der Waals surface area (Å²) >= 11 is 0. The minimum Gasteiger partial charge on any atom is -0.377 e. The van der Waals surface area contributed by atoms with Gasteiger partial charge in [-0.25, -0.2) is 0 Å². The van der Waals surface area contributed by atoms with Crippen molar-refractivity contribution in [2.75, 3.05) is 12.0 Å². The third kappa shape index (κ3) is 10.5. The summed E-state index contributed by atoms with van der Waals surface area (Å²) in [4.78, 5) is 71.4. The lowest BCUT2D eigenvalue weighted by Crippen LogP contribution is -2.16. The largest absolute Gasteiger partial charge is 0.377 e. The van der Waals surface area contributed by atoms with Crippen LogP contribution in [0.4, 0.5) is 5.69 Å². The first-order valence-electron chi connectivity index (χ1n) is 15.8. The van der Waals surface area contributed by atoms with Crippen LogP contribution in [-0.4, -0.2) is 46.5 Å². The molecule has 6 rings (SSSR count). The van der Waals surface area contributed by atoms with Crippen LogP contribution in [0.1, 0.15) is 62.1 Å². The minimum absolute atomic E-state index is 0.255. The van der Waals surface area contributed by atoms with Crippen LogP contribution in [-0.2, 0) is 0 Å². The van der Waals surface area contributed by atoms with E-state index in [-0.39, 0.29) is 12.3 Å². The van der Waals surface area contributed by atoms with E-state index in [1.54, 1.807) is 152 Å². The Morgan fingerprint density at radius 3 is 0.843 bits per heavy atom. The first-order chi connectivity index (χ1) is 24.8. The number of carbonyl (C=O) groups is 6. The van der Waals surface area contributed by atoms with Crippen LogP contribution >= 0.6 is 0 Å². The van der Waals surface area contributed by atoms with E-state index in [1.165, 1.54) is 0 Å². The van der Waals surface area contributed by atoms with Gasteiger partial charge in [-0.2, -0.15) is 0 Å². The summed E-state index contributed by atoms with van der Waals surface area (Å²) in [5, 5.41) is 11.5. The normalized spacial score (nSPS) is 9.82. The van der Waals surface area contributed by atoms with E-state index in [4.69, 9.17) is 5.11 Å². The van der Waals surface area contributed by atoms with Gasteiger partial charge in [-0.1, -0.05) is 164 Å². The van der Waals surface area contributed by atoms with E-state index < -0.39 is 34.7 Å². The fourth-order valence-corrected chi connectivity index (χ4v) is 4.65. The number of hydrogen-bond acceptors (Lipinski definition) is 8. The lowest BCUT2D eigenvalue weighted by atomic mass is 10.0. The van der Waals surface area contributed by atoms with Gasteiger partial charge in [0.25, 0.3) is 0 Å². The number of benzene rings is 6. The first kappa shape index (κ1) is 36.9. The molecule has 0 saturated heterocycles. The van der Waals surface area contributed by atoms with Gasteiger partial charge in [0.2, 0.25) is 34.7 Å². The van der Waals surface area contributed by atoms with E-state index >= 15 is 0 Å². The molecular weight excluding hydrogens is 642 g/mol. The van der Waals surface area contributed by atoms with Gasteiger partial charge in [0, 0.05) is 39.1 Å². The molecule has 0 amide bonds. The molecule has 8 nitrogen and oxygen atoms in total. The Bertz CT molecular complexity index is 1880. The Kier molecular flexibility index (Phi) is 13.9. The molecule has 8 heteroatoms. The number of aliphatic hydroxyl groups is 1. The predicted octanol–water partition coefficient (Wildman–Crippen LogP) is 7.62. The topological polar surface area (TPSA) is 135 Å². The summed E-state index contributed by atoms with van der Waals surface area (Å²) in [6, 6.07) is 49.3. The monoisotopic (exact) mass is 675 g/mol. The highest BCUT2D eigenvalue weighted by molar-refractivity contribution is 6.50. The molecule has 0 fully saturated rings. The molecule has 0 radical (unpaired) electrons. The zero-order valence-corrected chi connectivity index (χ0v) is 27.3. The van der Waals surface area contributed by atoms with Crippen molar-refractivity contribution in [3.8, 4) is 0 Å². The average Bonchev–Trinajstić information content (AvgIpc) is 3.21. The molecule has 0 spiro atoms. The van der Waals surface area contributed by atoms with Gasteiger partial charge in [0.15, 0.2) is 0 Å². The van der Waals surface area contributed by atoms with Crippen LogP contribution in [0.2, 0.25) is 0 Å². The summed E-state index contributed by atoms with van der Waals surface area (Å²) in [6.45, 7) is -0.302. The van der Waals surface area contributed by atoms with Crippen molar-refractivity contribution in [1.82, 2.24) is 0 Å². The maximum Gasteiger partial charge on any atom is 0.235 e. The minimum atomic E-state index is -0.595. The van der Waals surface area contributed by atoms with E-state index in [0.29, 0.717) is 33.5 Å². The molecule has 6 aromatic carbocycles. The maximum absolute atomic E-state index is 12.2. The van der Waals surface area contributed by atoms with Crippen LogP contribution in [0, 0.1) is 0 Å². The van der Waals surface area contributed by atoms with Gasteiger partial charge in [-0.3, -0.25) is 28.8 Å². The SMILES string of the molecule is O=C(C(=O)c1ccccc1)c1ccccc1.O=C(C(=O)c1ccccc1)c1ccccc1.O=C(C(=O)c1ccccc1NCO)c1ccccc1. The zero-order valence-electron chi connectivity index (χ0n) is 27.3. The zero-order chi connectivity index (χ0) is 36.4. The molecule has 51 heavy (non-hydrogen) atoms. The molecule has 0 bridgehead atoms. The van der Waals surface area contributed by atoms with E-state index in [9.17, 15) is 28.8 Å². The van der Waals surface area contributed by atoms with Crippen molar-refractivity contribution in [2.24, 2.45) is 0 Å². The Hall–Kier alpha value is -6.90. The molecule has 252 valence electrons. The van der Waals surface area contributed by atoms with Crippen LogP contribution in [0.3, 0.4) is 0 Å². The van der Waals surface area contributed by atoms with Gasteiger partial charge in [-0.05, 0) is 12.1 Å². The lowest BCUT2D eigenvalue weighted by molar-refractivity contribution is 0.0817. The van der Waals surface area contributed by atoms with Gasteiger partial charge < -0.3 is 10.4 Å². The highest BCUT2D eigenvalue weighted by atomic mass is 16.3. The highest BCUT2D eigenvalue weighted by Crippen LogP contribution is 2.17. The fourth-order valence-electron chi connectivity index (χ4n) is 4.65. The van der Waals surface area contributed by atoms with Crippen molar-refractivity contribution in [3.05, 3.63) is 209 Å². The second-order valence-electron chi connectivity index (χ2n) is 10.7. The van der Waals surface area contributed by atoms with Crippen molar-refractivity contribution in [3.63, 3.8) is 0 Å². The maximum atomic E-state index is 12.2. The van der Waals surface area contributed by atoms with E-state index in [0.717, 1.165) is 0 Å². The van der Waals surface area contributed by atoms with Crippen molar-refractivity contribution in [1.29, 1.82) is 0 Å². The molecular formula is C43H33NO7. The fraction of sp³-hybridized carbons (Fsp3) is 0.0233. The third-order valence-corrected chi connectivity index (χ3v) is 7.24. The number of anilines is 1. The Balaban J connectivity index is 0.000000172. The third-order valence-electron chi connectivity index (χ3n) is 7.24. The summed E-state index contributed by atoms with van der Waals surface area (Å²) < 4.78 is 0. The Labute approximate surface area is 295 Å². The molecule has 0 saturated carbocycles. The Morgan fingerprint density at radius 1 is 0.333 bits per heavy atom. The molecule has 0 aliphatic heterocycles. The van der Waals surface area contributed by atoms with Crippen LogP contribution < -0.4 is 5.32 Å². The predicted molar refractivity (Wildman–Crippen MR) is 195 cm³/mol. The number of rotatable bonds is 11. The van der Waals surface area contributed by atoms with Crippen molar-refractivity contribution >= 4 is 40.4 Å². The van der Waals surface area contributed by atoms with Crippen LogP contribution in [0.5, 0.6) is 0 Å². The first-order valence-corrected chi connectivity index (χ1v) is 15.8. The number of ketones is 6. The molecule has 0 heterocycles. The molecule has 0 aromatic heterocycles. The second-order valence-corrected chi connectivity index (χ2v) is 10.7. The molecule has 0 aliphatic carbocycles. The van der Waals surface area contributed by atoms with Crippen molar-refractivity contribution in [2.45, 2.75) is 0 Å². The van der Waals surface area contributed by atoms with Gasteiger partial charge in [-0.15, -0.1) is 0 Å². The molecule has 0 unspecified atom stereocenters. The van der Waals surface area contributed by atoms with Gasteiger partial charge >= 0.3 is 0 Å². The number of aliphatic hydroxyl groups excluding tert-OH is 1. The lowest BCUT2D eigenvalue weighted by Gasteiger charge is -2.08. The van der Waals surface area contributed by atoms with E-state index in [1.807, 2.05) is 24.3 Å². The van der Waals surface area contributed by atoms with Crippen molar-refractivity contribution < 1.29 is 33.9 Å². The summed E-state index contributed by atoms with van der Waals surface area (Å²) in [5.41, 5.74) is 2.76. The summed E-state index contributed by atoms with van der Waals surface area (Å²) in [7, 11) is 0. The quantitative estimate of drug-likeness (QED) is 0.0814. The number of hydrogen-bond donors (Lipinski definition) is 2. The number of carbonyl (C=O) groups excluding carboxylic acids is 6. The average molecular weight is 676 g/mol. The number of nitrogens with one attached hydrogen (secondary N) is 1. The molecule has 0 atom stereocenters. The van der Waals surface area contributed by atoms with Crippen LogP contribution in [0.15, 0.2) is 176 Å². The number of para-hydroxylation sites is 1. The smallest absolute Gasteiger partial charge is 0.235 e. The molecule has 2 N–H and O–H groups in total. The highest BCUT2D eigenvalue weighted by Gasteiger charge is 2.21. The summed E-state index contributed by atoms with van der Waals surface area (Å²) in [5.74, 6) is -3.02. The van der Waals surface area contributed by atoms with Gasteiger partial charge in [0.05, 0.1) is 0 Å². The van der Waals surface area contributed by atoms with Gasteiger partial charge in [0.1, 0.15) is 6.73 Å². The molecule has 0 aliphatic rings. The molecule has 6 aromatic rings. The standard InChI is InChI=1S/C15H13NO3.2C14H10O2/c17-10-16-13-9-5-4-8-12(13)15(19)14(18)11-6-2-1-3-7-11;2*15-13(11-7-3-1-4-8-11)14(16)12-9-5-2-6-10-12/h1-9,16-17H,10H2;2*1-10H. The van der Waals surface area contributed by atoms with Crippen LogP contribution in [0.25, 0.3) is 0 Å². The van der Waals surface area contributed by atoms with E-state index in [2.05, 4.69) is 5.32 Å². The summed E-state index contributed by atoms with van der Waals surface area (Å²) in [6.07, 6.45) is 0.